The molecule has 0 spiro atoms. The first-order valence-electron chi connectivity index (χ1n) is 4.32. The minimum atomic E-state index is -0.313. The fourth-order valence-electron chi connectivity index (χ4n) is 0.994. The standard InChI is InChI=1S/C9H8FN.C2H6/c1-6-3-4-9(10)7(2)8(6)5-11;1-2/h3-4H,1-2H3;1-2H3. The molecule has 1 aromatic carbocycles. The Kier molecular flexibility index (Phi) is 4.76. The van der Waals surface area contributed by atoms with E-state index in [0.29, 0.717) is 11.1 Å². The van der Waals surface area contributed by atoms with E-state index < -0.39 is 0 Å². The van der Waals surface area contributed by atoms with Crippen molar-refractivity contribution in [1.82, 2.24) is 0 Å². The lowest BCUT2D eigenvalue weighted by Crippen LogP contribution is -1.90. The topological polar surface area (TPSA) is 23.8 Å². The van der Waals surface area contributed by atoms with E-state index in [2.05, 4.69) is 0 Å². The van der Waals surface area contributed by atoms with E-state index in [9.17, 15) is 4.39 Å². The molecule has 2 heteroatoms. The third-order valence-electron chi connectivity index (χ3n) is 1.72. The Balaban J connectivity index is 0.000000671. The van der Waals surface area contributed by atoms with Crippen molar-refractivity contribution < 1.29 is 4.39 Å². The van der Waals surface area contributed by atoms with Crippen LogP contribution in [0.4, 0.5) is 4.39 Å². The van der Waals surface area contributed by atoms with Crippen LogP contribution >= 0.6 is 0 Å². The highest BCUT2D eigenvalue weighted by Gasteiger charge is 2.04. The zero-order chi connectivity index (χ0) is 10.4. The van der Waals surface area contributed by atoms with E-state index in [1.807, 2.05) is 19.9 Å². The summed E-state index contributed by atoms with van der Waals surface area (Å²) in [5.41, 5.74) is 1.71. The molecule has 0 aliphatic rings. The van der Waals surface area contributed by atoms with Crippen LogP contribution in [0.15, 0.2) is 12.1 Å². The molecule has 0 aliphatic heterocycles. The second kappa shape index (κ2) is 5.31. The molecule has 0 radical (unpaired) electrons. The van der Waals surface area contributed by atoms with Gasteiger partial charge < -0.3 is 0 Å². The van der Waals surface area contributed by atoms with Gasteiger partial charge in [-0.2, -0.15) is 5.26 Å². The summed E-state index contributed by atoms with van der Waals surface area (Å²) in [4.78, 5) is 0. The highest BCUT2D eigenvalue weighted by Crippen LogP contribution is 2.15. The van der Waals surface area contributed by atoms with Crippen molar-refractivity contribution in [2.24, 2.45) is 0 Å². The van der Waals surface area contributed by atoms with Crippen LogP contribution in [0, 0.1) is 31.0 Å². The second-order valence-corrected chi connectivity index (χ2v) is 2.48. The zero-order valence-corrected chi connectivity index (χ0v) is 8.48. The lowest BCUT2D eigenvalue weighted by Gasteiger charge is -2.01. The largest absolute Gasteiger partial charge is 0.207 e. The molecule has 0 unspecified atom stereocenters. The van der Waals surface area contributed by atoms with Gasteiger partial charge >= 0.3 is 0 Å². The van der Waals surface area contributed by atoms with Gasteiger partial charge in [0.1, 0.15) is 5.82 Å². The van der Waals surface area contributed by atoms with Gasteiger partial charge in [-0.15, -0.1) is 0 Å². The van der Waals surface area contributed by atoms with Crippen molar-refractivity contribution in [2.45, 2.75) is 27.7 Å². The molecule has 1 nitrogen and oxygen atoms in total. The summed E-state index contributed by atoms with van der Waals surface area (Å²) in [5.74, 6) is -0.313. The maximum atomic E-state index is 12.8. The van der Waals surface area contributed by atoms with Gasteiger partial charge in [0.25, 0.3) is 0 Å². The third-order valence-corrected chi connectivity index (χ3v) is 1.72. The van der Waals surface area contributed by atoms with Crippen molar-refractivity contribution in [3.63, 3.8) is 0 Å². The number of rotatable bonds is 0. The number of benzene rings is 1. The molecule has 0 aromatic heterocycles. The maximum absolute atomic E-state index is 12.8. The summed E-state index contributed by atoms with van der Waals surface area (Å²) in [6.07, 6.45) is 0. The molecule has 0 fully saturated rings. The normalized spacial score (nSPS) is 8.31. The quantitative estimate of drug-likeness (QED) is 0.599. The van der Waals surface area contributed by atoms with Crippen LogP contribution in [-0.4, -0.2) is 0 Å². The van der Waals surface area contributed by atoms with Gasteiger partial charge in [-0.25, -0.2) is 4.39 Å². The van der Waals surface area contributed by atoms with Gasteiger partial charge in [0.05, 0.1) is 11.6 Å². The van der Waals surface area contributed by atoms with Crippen LogP contribution in [-0.2, 0) is 0 Å². The molecular weight excluding hydrogens is 165 g/mol. The Morgan fingerprint density at radius 2 is 1.77 bits per heavy atom. The third kappa shape index (κ3) is 2.55. The average Bonchev–Trinajstić information content (AvgIpc) is 2.16. The molecule has 1 aromatic rings. The summed E-state index contributed by atoms with van der Waals surface area (Å²) in [5, 5.41) is 8.61. The molecule has 0 N–H and O–H groups in total. The molecule has 70 valence electrons. The van der Waals surface area contributed by atoms with Gasteiger partial charge in [0.2, 0.25) is 0 Å². The highest BCUT2D eigenvalue weighted by atomic mass is 19.1. The molecule has 1 rings (SSSR count). The molecule has 0 aliphatic carbocycles. The van der Waals surface area contributed by atoms with Gasteiger partial charge in [0, 0.05) is 5.56 Å². The Bertz CT molecular complexity index is 324. The minimum absolute atomic E-state index is 0.313. The summed E-state index contributed by atoms with van der Waals surface area (Å²) in [6, 6.07) is 4.96. The smallest absolute Gasteiger partial charge is 0.127 e. The Labute approximate surface area is 78.8 Å². The first-order valence-corrected chi connectivity index (χ1v) is 4.32. The van der Waals surface area contributed by atoms with Crippen LogP contribution in [0.5, 0.6) is 0 Å². The molecule has 0 amide bonds. The highest BCUT2D eigenvalue weighted by molar-refractivity contribution is 5.43. The van der Waals surface area contributed by atoms with Crippen molar-refractivity contribution >= 4 is 0 Å². The van der Waals surface area contributed by atoms with E-state index in [1.54, 1.807) is 19.9 Å². The van der Waals surface area contributed by atoms with Gasteiger partial charge in [-0.1, -0.05) is 19.9 Å². The fraction of sp³-hybridized carbons (Fsp3) is 0.364. The Morgan fingerprint density at radius 1 is 1.23 bits per heavy atom. The van der Waals surface area contributed by atoms with Gasteiger partial charge in [-0.3, -0.25) is 0 Å². The fourth-order valence-corrected chi connectivity index (χ4v) is 0.994. The van der Waals surface area contributed by atoms with Crippen LogP contribution in [0.25, 0.3) is 0 Å². The number of halogens is 1. The first-order chi connectivity index (χ1) is 6.16. The Hall–Kier alpha value is -1.36. The summed E-state index contributed by atoms with van der Waals surface area (Å²) >= 11 is 0. The molecule has 0 atom stereocenters. The van der Waals surface area contributed by atoms with Gasteiger partial charge in [-0.05, 0) is 25.5 Å². The molecule has 0 heterocycles. The number of aryl methyl sites for hydroxylation is 1. The predicted octanol–water partition coefficient (Wildman–Crippen LogP) is 3.34. The number of hydrogen-bond acceptors (Lipinski definition) is 1. The first kappa shape index (κ1) is 11.6. The van der Waals surface area contributed by atoms with Crippen LogP contribution < -0.4 is 0 Å². The van der Waals surface area contributed by atoms with Crippen LogP contribution in [0.2, 0.25) is 0 Å². The number of nitriles is 1. The van der Waals surface area contributed by atoms with Crippen LogP contribution in [0.1, 0.15) is 30.5 Å². The van der Waals surface area contributed by atoms with Gasteiger partial charge in [0.15, 0.2) is 0 Å². The zero-order valence-electron chi connectivity index (χ0n) is 8.48. The van der Waals surface area contributed by atoms with Crippen molar-refractivity contribution in [1.29, 1.82) is 5.26 Å². The van der Waals surface area contributed by atoms with Crippen molar-refractivity contribution in [2.75, 3.05) is 0 Å². The van der Waals surface area contributed by atoms with Crippen LogP contribution in [0.3, 0.4) is 0 Å². The molecular formula is C11H14FN. The average molecular weight is 179 g/mol. The van der Waals surface area contributed by atoms with Crippen molar-refractivity contribution in [3.8, 4) is 6.07 Å². The van der Waals surface area contributed by atoms with E-state index in [0.717, 1.165) is 5.56 Å². The van der Waals surface area contributed by atoms with Crippen molar-refractivity contribution in [3.05, 3.63) is 34.6 Å². The SMILES string of the molecule is CC.Cc1ccc(F)c(C)c1C#N. The van der Waals surface area contributed by atoms with E-state index in [4.69, 9.17) is 5.26 Å². The Morgan fingerprint density at radius 3 is 2.15 bits per heavy atom. The summed E-state index contributed by atoms with van der Waals surface area (Å²) < 4.78 is 12.8. The second-order valence-electron chi connectivity index (χ2n) is 2.48. The molecule has 0 saturated carbocycles. The van der Waals surface area contributed by atoms with E-state index in [1.165, 1.54) is 6.07 Å². The molecule has 0 saturated heterocycles. The van der Waals surface area contributed by atoms with E-state index in [-0.39, 0.29) is 5.82 Å². The molecule has 13 heavy (non-hydrogen) atoms. The number of hydrogen-bond donors (Lipinski definition) is 0. The maximum Gasteiger partial charge on any atom is 0.127 e. The summed E-state index contributed by atoms with van der Waals surface area (Å²) in [7, 11) is 0. The number of nitrogens with zero attached hydrogens (tertiary/aromatic N) is 1. The summed E-state index contributed by atoms with van der Waals surface area (Å²) in [6.45, 7) is 7.41. The monoisotopic (exact) mass is 179 g/mol. The lowest BCUT2D eigenvalue weighted by atomic mass is 10.0. The lowest BCUT2D eigenvalue weighted by molar-refractivity contribution is 0.617. The minimum Gasteiger partial charge on any atom is -0.207 e. The van der Waals surface area contributed by atoms with E-state index >= 15 is 0 Å². The molecule has 0 bridgehead atoms. The predicted molar refractivity (Wildman–Crippen MR) is 51.9 cm³/mol.